The molecule has 1 saturated carbocycles. The van der Waals surface area contributed by atoms with Gasteiger partial charge < -0.3 is 20.1 Å². The lowest BCUT2D eigenvalue weighted by atomic mass is 9.75. The van der Waals surface area contributed by atoms with E-state index in [2.05, 4.69) is 17.4 Å². The maximum atomic E-state index is 13.7. The van der Waals surface area contributed by atoms with E-state index in [-0.39, 0.29) is 19.1 Å². The van der Waals surface area contributed by atoms with Gasteiger partial charge in [0.1, 0.15) is 18.2 Å². The summed E-state index contributed by atoms with van der Waals surface area (Å²) in [5, 5.41) is 12.7. The van der Waals surface area contributed by atoms with Gasteiger partial charge in [-0.2, -0.15) is 0 Å². The van der Waals surface area contributed by atoms with Crippen molar-refractivity contribution in [1.82, 2.24) is 15.1 Å². The molecule has 0 spiro atoms. The van der Waals surface area contributed by atoms with Crippen LogP contribution < -0.4 is 5.32 Å². The molecule has 1 atom stereocenters. The average Bonchev–Trinajstić information content (AvgIpc) is 3.24. The highest BCUT2D eigenvalue weighted by Crippen LogP contribution is 2.44. The minimum atomic E-state index is -1.24. The van der Waals surface area contributed by atoms with Crippen molar-refractivity contribution in [3.63, 3.8) is 0 Å². The number of hydrogen-bond acceptors (Lipinski definition) is 5. The van der Waals surface area contributed by atoms with Crippen molar-refractivity contribution in [1.29, 1.82) is 0 Å². The van der Waals surface area contributed by atoms with E-state index in [0.29, 0.717) is 19.4 Å². The molecule has 8 nitrogen and oxygen atoms in total. The van der Waals surface area contributed by atoms with Crippen molar-refractivity contribution in [3.05, 3.63) is 95.6 Å². The molecule has 0 heterocycles. The number of ether oxygens (including phenoxy) is 1. The van der Waals surface area contributed by atoms with E-state index >= 15 is 0 Å². The summed E-state index contributed by atoms with van der Waals surface area (Å²) in [7, 11) is 3.38. The number of fused-ring (bicyclic) bond motifs is 3. The molecule has 0 aliphatic heterocycles. The molecule has 1 unspecified atom stereocenters. The van der Waals surface area contributed by atoms with Crippen molar-refractivity contribution in [2.24, 2.45) is 0 Å². The number of carboxylic acid groups (broad SMARTS) is 1. The first-order chi connectivity index (χ1) is 19.3. The Balaban J connectivity index is 1.30. The van der Waals surface area contributed by atoms with E-state index in [1.165, 1.54) is 11.9 Å². The fourth-order valence-electron chi connectivity index (χ4n) is 5.89. The summed E-state index contributed by atoms with van der Waals surface area (Å²) in [5.41, 5.74) is 4.27. The summed E-state index contributed by atoms with van der Waals surface area (Å²) in [4.78, 5) is 42.1. The Morgan fingerprint density at radius 3 is 2.05 bits per heavy atom. The lowest BCUT2D eigenvalue weighted by molar-refractivity contribution is -0.165. The second kappa shape index (κ2) is 11.5. The van der Waals surface area contributed by atoms with Gasteiger partial charge in [-0.3, -0.25) is 9.69 Å². The maximum Gasteiger partial charge on any atom is 0.407 e. The number of carboxylic acids is 1. The second-order valence-electron chi connectivity index (χ2n) is 10.8. The van der Waals surface area contributed by atoms with Crippen LogP contribution in [0.5, 0.6) is 0 Å². The maximum absolute atomic E-state index is 13.7. The fourth-order valence-corrected chi connectivity index (χ4v) is 5.89. The van der Waals surface area contributed by atoms with Crippen molar-refractivity contribution in [3.8, 4) is 11.1 Å². The topological polar surface area (TPSA) is 99.2 Å². The van der Waals surface area contributed by atoms with Crippen LogP contribution in [0.3, 0.4) is 0 Å². The van der Waals surface area contributed by atoms with E-state index in [1.807, 2.05) is 78.7 Å². The number of aliphatic carboxylic acids is 1. The van der Waals surface area contributed by atoms with Gasteiger partial charge in [-0.15, -0.1) is 0 Å². The number of amides is 2. The van der Waals surface area contributed by atoms with Crippen molar-refractivity contribution in [2.45, 2.75) is 43.3 Å². The highest BCUT2D eigenvalue weighted by atomic mass is 16.5. The van der Waals surface area contributed by atoms with E-state index in [9.17, 15) is 19.5 Å². The van der Waals surface area contributed by atoms with E-state index in [0.717, 1.165) is 34.2 Å². The first kappa shape index (κ1) is 27.4. The van der Waals surface area contributed by atoms with Crippen LogP contribution in [0.2, 0.25) is 0 Å². The first-order valence-electron chi connectivity index (χ1n) is 13.7. The molecule has 3 aromatic carbocycles. The lowest BCUT2D eigenvalue weighted by Crippen LogP contribution is -2.64. The molecule has 0 radical (unpaired) electrons. The van der Waals surface area contributed by atoms with Crippen LogP contribution in [0, 0.1) is 0 Å². The van der Waals surface area contributed by atoms with Gasteiger partial charge in [-0.1, -0.05) is 78.9 Å². The zero-order chi connectivity index (χ0) is 28.3. The quantitative estimate of drug-likeness (QED) is 0.392. The molecule has 0 bridgehead atoms. The summed E-state index contributed by atoms with van der Waals surface area (Å²) in [5.74, 6) is -1.58. The zero-order valence-corrected chi connectivity index (χ0v) is 22.9. The molecule has 8 heteroatoms. The monoisotopic (exact) mass is 541 g/mol. The minimum Gasteiger partial charge on any atom is -0.479 e. The molecule has 0 saturated heterocycles. The average molecular weight is 542 g/mol. The Labute approximate surface area is 234 Å². The molecular weight excluding hydrogens is 506 g/mol. The van der Waals surface area contributed by atoms with Gasteiger partial charge in [0.05, 0.1) is 0 Å². The molecule has 3 aromatic rings. The highest BCUT2D eigenvalue weighted by molar-refractivity contribution is 5.92. The summed E-state index contributed by atoms with van der Waals surface area (Å²) in [6, 6.07) is 25.0. The SMILES string of the molecule is CN(Cc1ccccc1)CC(NC(=O)OCC1c2ccccc2-c2ccccc21)C(=O)N(C)C1(C(=O)O)CCC1. The predicted octanol–water partition coefficient (Wildman–Crippen LogP) is 4.49. The predicted molar refractivity (Wildman–Crippen MR) is 152 cm³/mol. The summed E-state index contributed by atoms with van der Waals surface area (Å²) in [6.45, 7) is 0.873. The number of nitrogens with one attached hydrogen (secondary N) is 1. The van der Waals surface area contributed by atoms with Crippen molar-refractivity contribution in [2.75, 3.05) is 27.2 Å². The third kappa shape index (κ3) is 5.31. The van der Waals surface area contributed by atoms with E-state index in [1.54, 1.807) is 0 Å². The molecule has 2 amide bonds. The molecule has 40 heavy (non-hydrogen) atoms. The smallest absolute Gasteiger partial charge is 0.407 e. The second-order valence-corrected chi connectivity index (χ2v) is 10.8. The van der Waals surface area contributed by atoms with Gasteiger partial charge in [0.2, 0.25) is 5.91 Å². The highest BCUT2D eigenvalue weighted by Gasteiger charge is 2.51. The van der Waals surface area contributed by atoms with Crippen molar-refractivity contribution >= 4 is 18.0 Å². The molecule has 1 fully saturated rings. The third-order valence-electron chi connectivity index (χ3n) is 8.27. The Morgan fingerprint density at radius 1 is 0.925 bits per heavy atom. The van der Waals surface area contributed by atoms with Crippen LogP contribution in [0.25, 0.3) is 11.1 Å². The molecule has 0 aromatic heterocycles. The number of rotatable bonds is 10. The van der Waals surface area contributed by atoms with Gasteiger partial charge in [0.25, 0.3) is 0 Å². The summed E-state index contributed by atoms with van der Waals surface area (Å²) in [6.07, 6.45) is 0.812. The summed E-state index contributed by atoms with van der Waals surface area (Å²) < 4.78 is 5.72. The van der Waals surface area contributed by atoms with Crippen LogP contribution in [0.4, 0.5) is 4.79 Å². The first-order valence-corrected chi connectivity index (χ1v) is 13.7. The molecule has 2 aliphatic carbocycles. The van der Waals surface area contributed by atoms with Crippen LogP contribution in [0.15, 0.2) is 78.9 Å². The third-order valence-corrected chi connectivity index (χ3v) is 8.27. The number of benzene rings is 3. The number of alkyl carbamates (subject to hydrolysis) is 1. The Bertz CT molecular complexity index is 1340. The molecule has 208 valence electrons. The van der Waals surface area contributed by atoms with Crippen LogP contribution in [-0.2, 0) is 20.9 Å². The number of hydrogen-bond donors (Lipinski definition) is 2. The van der Waals surface area contributed by atoms with Crippen LogP contribution >= 0.6 is 0 Å². The molecule has 5 rings (SSSR count). The van der Waals surface area contributed by atoms with Gasteiger partial charge in [-0.25, -0.2) is 9.59 Å². The van der Waals surface area contributed by atoms with Crippen LogP contribution in [0.1, 0.15) is 41.9 Å². The van der Waals surface area contributed by atoms with Gasteiger partial charge in [-0.05, 0) is 54.1 Å². The Hall–Kier alpha value is -4.17. The standard InChI is InChI=1S/C32H35N3O5/c1-34(19-22-11-4-3-5-12-22)20-28(29(36)35(2)32(30(37)38)17-10-18-32)33-31(39)40-21-27-25-15-8-6-13-23(25)24-14-7-9-16-26(24)27/h3-9,11-16,27-28H,10,17-21H2,1-2H3,(H,33,39)(H,37,38). The largest absolute Gasteiger partial charge is 0.479 e. The summed E-state index contributed by atoms with van der Waals surface area (Å²) >= 11 is 0. The van der Waals surface area contributed by atoms with Crippen LogP contribution in [-0.4, -0.2) is 71.7 Å². The van der Waals surface area contributed by atoms with Gasteiger partial charge in [0, 0.05) is 26.1 Å². The number of carbonyl (C=O) groups excluding carboxylic acids is 2. The molecule has 2 N–H and O–H groups in total. The van der Waals surface area contributed by atoms with E-state index in [4.69, 9.17) is 4.74 Å². The van der Waals surface area contributed by atoms with Crippen molar-refractivity contribution < 1.29 is 24.2 Å². The number of likely N-dealkylation sites (N-methyl/N-ethyl adjacent to an activating group) is 2. The molecular formula is C32H35N3O5. The Kier molecular flexibility index (Phi) is 7.89. The Morgan fingerprint density at radius 2 is 1.50 bits per heavy atom. The zero-order valence-electron chi connectivity index (χ0n) is 22.9. The van der Waals surface area contributed by atoms with Gasteiger partial charge >= 0.3 is 12.1 Å². The van der Waals surface area contributed by atoms with E-state index < -0.39 is 29.6 Å². The fraction of sp³-hybridized carbons (Fsp3) is 0.344. The number of carbonyl (C=O) groups is 3. The minimum absolute atomic E-state index is 0.110. The normalized spacial score (nSPS) is 15.9. The van der Waals surface area contributed by atoms with Gasteiger partial charge in [0.15, 0.2) is 0 Å². The number of nitrogens with zero attached hydrogens (tertiary/aromatic N) is 2. The molecule has 2 aliphatic rings. The lowest BCUT2D eigenvalue weighted by Gasteiger charge is -2.46.